The molecule has 0 aromatic carbocycles. The van der Waals surface area contributed by atoms with E-state index >= 15 is 0 Å². The van der Waals surface area contributed by atoms with Gasteiger partial charge in [0.25, 0.3) is 5.56 Å². The number of pyridine rings is 1. The number of nitrogens with zero attached hydrogens (tertiary/aromatic N) is 4. The maximum Gasteiger partial charge on any atom is 0.262 e. The fourth-order valence-corrected chi connectivity index (χ4v) is 4.50. The second kappa shape index (κ2) is 7.01. The van der Waals surface area contributed by atoms with Gasteiger partial charge in [0, 0.05) is 24.8 Å². The van der Waals surface area contributed by atoms with E-state index in [1.54, 1.807) is 23.2 Å². The predicted octanol–water partition coefficient (Wildman–Crippen LogP) is 2.98. The van der Waals surface area contributed by atoms with Crippen molar-refractivity contribution in [2.24, 2.45) is 0 Å². The van der Waals surface area contributed by atoms with Gasteiger partial charge in [-0.25, -0.2) is 9.97 Å². The Bertz CT molecular complexity index is 750. The van der Waals surface area contributed by atoms with Crippen LogP contribution in [0.2, 0.25) is 0 Å². The molecule has 1 unspecified atom stereocenters. The van der Waals surface area contributed by atoms with Gasteiger partial charge in [-0.2, -0.15) is 0 Å². The summed E-state index contributed by atoms with van der Waals surface area (Å²) in [5, 5.41) is 0.622. The maximum absolute atomic E-state index is 12.6. The summed E-state index contributed by atoms with van der Waals surface area (Å²) >= 11 is 0. The number of rotatable bonds is 4. The highest BCUT2D eigenvalue weighted by atomic mass is 16.1. The van der Waals surface area contributed by atoms with Crippen LogP contribution < -0.4 is 5.56 Å². The molecule has 5 heteroatoms. The molecule has 0 amide bonds. The first kappa shape index (κ1) is 15.8. The Labute approximate surface area is 142 Å². The zero-order valence-corrected chi connectivity index (χ0v) is 14.2. The smallest absolute Gasteiger partial charge is 0.262 e. The van der Waals surface area contributed by atoms with Crippen molar-refractivity contribution >= 4 is 11.0 Å². The van der Waals surface area contributed by atoms with E-state index in [2.05, 4.69) is 14.9 Å². The Hall–Kier alpha value is -1.75. The molecular weight excluding hydrogens is 300 g/mol. The lowest BCUT2D eigenvalue weighted by Gasteiger charge is -2.40. The van der Waals surface area contributed by atoms with Gasteiger partial charge in [-0.3, -0.25) is 14.3 Å². The Morgan fingerprint density at radius 2 is 1.92 bits per heavy atom. The second-order valence-corrected chi connectivity index (χ2v) is 7.23. The lowest BCUT2D eigenvalue weighted by Crippen LogP contribution is -2.45. The molecule has 2 aliphatic rings. The van der Waals surface area contributed by atoms with E-state index in [1.807, 2.05) is 6.07 Å². The lowest BCUT2D eigenvalue weighted by atomic mass is 9.96. The SMILES string of the molecule is O=c1c2cccnc2ncn1CCC1CCCCN1C1CCCC1. The minimum absolute atomic E-state index is 0.0383. The molecule has 1 aliphatic carbocycles. The van der Waals surface area contributed by atoms with Crippen molar-refractivity contribution in [2.75, 3.05) is 6.54 Å². The van der Waals surface area contributed by atoms with E-state index in [1.165, 1.54) is 51.5 Å². The fraction of sp³-hybridized carbons (Fsp3) is 0.632. The number of piperidine rings is 1. The predicted molar refractivity (Wildman–Crippen MR) is 95.0 cm³/mol. The van der Waals surface area contributed by atoms with Crippen LogP contribution in [0.15, 0.2) is 29.5 Å². The van der Waals surface area contributed by atoms with Gasteiger partial charge in [0.1, 0.15) is 0 Å². The third-order valence-corrected chi connectivity index (χ3v) is 5.77. The summed E-state index contributed by atoms with van der Waals surface area (Å²) in [6.07, 6.45) is 13.8. The molecule has 4 rings (SSSR count). The summed E-state index contributed by atoms with van der Waals surface area (Å²) in [6, 6.07) is 5.03. The molecule has 24 heavy (non-hydrogen) atoms. The third kappa shape index (κ3) is 3.09. The van der Waals surface area contributed by atoms with Crippen LogP contribution in [0.25, 0.3) is 11.0 Å². The number of hydrogen-bond acceptors (Lipinski definition) is 4. The van der Waals surface area contributed by atoms with Crippen LogP contribution >= 0.6 is 0 Å². The second-order valence-electron chi connectivity index (χ2n) is 7.23. The van der Waals surface area contributed by atoms with Crippen molar-refractivity contribution < 1.29 is 0 Å². The molecule has 1 saturated heterocycles. The van der Waals surface area contributed by atoms with E-state index in [0.717, 1.165) is 19.0 Å². The highest BCUT2D eigenvalue weighted by Gasteiger charge is 2.30. The first-order valence-corrected chi connectivity index (χ1v) is 9.39. The van der Waals surface area contributed by atoms with Gasteiger partial charge in [0.05, 0.1) is 11.7 Å². The first-order chi connectivity index (χ1) is 11.8. The third-order valence-electron chi connectivity index (χ3n) is 5.77. The van der Waals surface area contributed by atoms with Crippen LogP contribution in [0.4, 0.5) is 0 Å². The zero-order chi connectivity index (χ0) is 16.4. The summed E-state index contributed by atoms with van der Waals surface area (Å²) in [4.78, 5) is 23.9. The Balaban J connectivity index is 1.49. The largest absolute Gasteiger partial charge is 0.299 e. The van der Waals surface area contributed by atoms with Crippen molar-refractivity contribution in [1.82, 2.24) is 19.4 Å². The van der Waals surface area contributed by atoms with Gasteiger partial charge in [0.15, 0.2) is 5.65 Å². The number of likely N-dealkylation sites (tertiary alicyclic amines) is 1. The summed E-state index contributed by atoms with van der Waals surface area (Å²) < 4.78 is 1.77. The molecule has 0 N–H and O–H groups in total. The quantitative estimate of drug-likeness (QED) is 0.867. The van der Waals surface area contributed by atoms with Crippen molar-refractivity contribution in [3.8, 4) is 0 Å². The van der Waals surface area contributed by atoms with Gasteiger partial charge < -0.3 is 0 Å². The summed E-state index contributed by atoms with van der Waals surface area (Å²) in [5.74, 6) is 0. The Kier molecular flexibility index (Phi) is 4.60. The molecule has 1 saturated carbocycles. The monoisotopic (exact) mass is 326 g/mol. The molecule has 2 aromatic heterocycles. The highest BCUT2D eigenvalue weighted by Crippen LogP contribution is 2.30. The van der Waals surface area contributed by atoms with Crippen molar-refractivity contribution in [3.63, 3.8) is 0 Å². The van der Waals surface area contributed by atoms with Crippen LogP contribution in [0, 0.1) is 0 Å². The fourth-order valence-electron chi connectivity index (χ4n) is 4.50. The number of aryl methyl sites for hydroxylation is 1. The molecule has 2 fully saturated rings. The first-order valence-electron chi connectivity index (χ1n) is 9.39. The van der Waals surface area contributed by atoms with Crippen molar-refractivity contribution in [2.45, 2.75) is 70.0 Å². The number of aromatic nitrogens is 3. The molecule has 2 aromatic rings. The van der Waals surface area contributed by atoms with Crippen LogP contribution in [0.1, 0.15) is 51.4 Å². The summed E-state index contributed by atoms with van der Waals surface area (Å²) in [7, 11) is 0. The summed E-state index contributed by atoms with van der Waals surface area (Å²) in [6.45, 7) is 1.99. The van der Waals surface area contributed by atoms with Crippen molar-refractivity contribution in [1.29, 1.82) is 0 Å². The van der Waals surface area contributed by atoms with Crippen LogP contribution in [0.5, 0.6) is 0 Å². The average Bonchev–Trinajstić information content (AvgIpc) is 3.16. The highest BCUT2D eigenvalue weighted by molar-refractivity contribution is 5.72. The van der Waals surface area contributed by atoms with Gasteiger partial charge in [-0.15, -0.1) is 0 Å². The van der Waals surface area contributed by atoms with E-state index in [9.17, 15) is 4.79 Å². The Morgan fingerprint density at radius 1 is 1.08 bits per heavy atom. The minimum Gasteiger partial charge on any atom is -0.299 e. The molecule has 128 valence electrons. The lowest BCUT2D eigenvalue weighted by molar-refractivity contribution is 0.0880. The topological polar surface area (TPSA) is 51.0 Å². The number of fused-ring (bicyclic) bond motifs is 1. The van der Waals surface area contributed by atoms with Gasteiger partial charge >= 0.3 is 0 Å². The van der Waals surface area contributed by atoms with Crippen LogP contribution in [-0.4, -0.2) is 38.1 Å². The normalized spacial score (nSPS) is 23.1. The molecule has 3 heterocycles. The zero-order valence-electron chi connectivity index (χ0n) is 14.2. The van der Waals surface area contributed by atoms with E-state index in [0.29, 0.717) is 17.1 Å². The van der Waals surface area contributed by atoms with Crippen LogP contribution in [-0.2, 0) is 6.54 Å². The molecule has 1 aliphatic heterocycles. The molecule has 1 atom stereocenters. The Morgan fingerprint density at radius 3 is 2.79 bits per heavy atom. The molecule has 5 nitrogen and oxygen atoms in total. The van der Waals surface area contributed by atoms with Gasteiger partial charge in [-0.1, -0.05) is 19.3 Å². The minimum atomic E-state index is 0.0383. The molecular formula is C19H26N4O. The van der Waals surface area contributed by atoms with Gasteiger partial charge in [-0.05, 0) is 50.8 Å². The van der Waals surface area contributed by atoms with E-state index < -0.39 is 0 Å². The van der Waals surface area contributed by atoms with Gasteiger partial charge in [0.2, 0.25) is 0 Å². The van der Waals surface area contributed by atoms with E-state index in [4.69, 9.17) is 0 Å². The number of hydrogen-bond donors (Lipinski definition) is 0. The molecule has 0 spiro atoms. The van der Waals surface area contributed by atoms with E-state index in [-0.39, 0.29) is 5.56 Å². The molecule has 0 radical (unpaired) electrons. The maximum atomic E-state index is 12.6. The van der Waals surface area contributed by atoms with Crippen LogP contribution in [0.3, 0.4) is 0 Å². The average molecular weight is 326 g/mol. The standard InChI is InChI=1S/C19H26N4O/c24-19-17-9-5-11-20-18(17)21-14-22(19)13-10-16-8-3-4-12-23(16)15-6-1-2-7-15/h5,9,11,14-16H,1-4,6-8,10,12-13H2. The molecule has 0 bridgehead atoms. The summed E-state index contributed by atoms with van der Waals surface area (Å²) in [5.41, 5.74) is 0.584. The van der Waals surface area contributed by atoms with Crippen molar-refractivity contribution in [3.05, 3.63) is 35.0 Å².